The van der Waals surface area contributed by atoms with E-state index >= 15 is 0 Å². The zero-order valence-electron chi connectivity index (χ0n) is 13.3. The lowest BCUT2D eigenvalue weighted by Crippen LogP contribution is -2.17. The minimum atomic E-state index is -0.401. The van der Waals surface area contributed by atoms with Crippen LogP contribution in [-0.2, 0) is 11.2 Å². The second-order valence-electron chi connectivity index (χ2n) is 5.35. The molecule has 0 saturated carbocycles. The fraction of sp³-hybridized carbons (Fsp3) is 0.353. The lowest BCUT2D eigenvalue weighted by Gasteiger charge is -2.07. The van der Waals surface area contributed by atoms with Gasteiger partial charge in [-0.25, -0.2) is 4.79 Å². The molecule has 2 aromatic rings. The Morgan fingerprint density at radius 2 is 2.09 bits per heavy atom. The van der Waals surface area contributed by atoms with Crippen molar-refractivity contribution in [2.24, 2.45) is 5.73 Å². The lowest BCUT2D eigenvalue weighted by molar-refractivity contribution is 0.0507. The first kappa shape index (κ1) is 17.8. The van der Waals surface area contributed by atoms with Gasteiger partial charge in [0.15, 0.2) is 0 Å². The van der Waals surface area contributed by atoms with Gasteiger partial charge in [-0.05, 0) is 31.9 Å². The molecule has 1 unspecified atom stereocenters. The van der Waals surface area contributed by atoms with Crippen LogP contribution in [0.15, 0.2) is 30.3 Å². The third kappa shape index (κ3) is 4.70. The highest BCUT2D eigenvalue weighted by Gasteiger charge is 2.24. The van der Waals surface area contributed by atoms with Gasteiger partial charge in [-0.2, -0.15) is 0 Å². The highest BCUT2D eigenvalue weighted by Crippen LogP contribution is 2.39. The maximum absolute atomic E-state index is 12.4. The Hall–Kier alpha value is -1.56. The molecule has 1 aromatic carbocycles. The van der Waals surface area contributed by atoms with Crippen LogP contribution in [0, 0.1) is 0 Å². The second-order valence-corrected chi connectivity index (χ2v) is 6.83. The van der Waals surface area contributed by atoms with Crippen LogP contribution in [0.4, 0.5) is 10.7 Å². The molecule has 0 aliphatic rings. The number of nitrogens with two attached hydrogens (primary N) is 1. The average molecular weight is 353 g/mol. The largest absolute Gasteiger partial charge is 0.462 e. The molecule has 3 N–H and O–H groups in total. The first-order valence-corrected chi connectivity index (χ1v) is 8.78. The summed E-state index contributed by atoms with van der Waals surface area (Å²) in [5.41, 5.74) is 7.16. The van der Waals surface area contributed by atoms with Crippen LogP contribution in [0.5, 0.6) is 0 Å². The normalized spacial score (nSPS) is 12.0. The van der Waals surface area contributed by atoms with E-state index in [9.17, 15) is 4.79 Å². The molecule has 2 rings (SSSR count). The van der Waals surface area contributed by atoms with E-state index in [0.29, 0.717) is 28.6 Å². The number of carbonyl (C=O) groups excluding carboxylic acids is 1. The van der Waals surface area contributed by atoms with Gasteiger partial charge in [0.05, 0.1) is 11.6 Å². The van der Waals surface area contributed by atoms with Crippen molar-refractivity contribution in [2.75, 3.05) is 11.9 Å². The summed E-state index contributed by atoms with van der Waals surface area (Å²) in [7, 11) is 0. The summed E-state index contributed by atoms with van der Waals surface area (Å²) >= 11 is 7.87. The minimum Gasteiger partial charge on any atom is -0.462 e. The Bertz CT molecular complexity index is 656. The molecule has 1 aromatic heterocycles. The van der Waals surface area contributed by atoms with E-state index in [1.807, 2.05) is 44.2 Å². The van der Waals surface area contributed by atoms with Crippen LogP contribution in [0.2, 0.25) is 5.02 Å². The topological polar surface area (TPSA) is 64.3 Å². The summed E-state index contributed by atoms with van der Waals surface area (Å²) in [6.45, 7) is 4.24. The van der Waals surface area contributed by atoms with Crippen LogP contribution < -0.4 is 11.1 Å². The van der Waals surface area contributed by atoms with Gasteiger partial charge in [0.2, 0.25) is 0 Å². The first-order valence-electron chi connectivity index (χ1n) is 7.58. The maximum atomic E-state index is 12.4. The van der Waals surface area contributed by atoms with Crippen molar-refractivity contribution in [3.63, 3.8) is 0 Å². The number of hydrogen-bond acceptors (Lipinski definition) is 5. The number of anilines is 2. The smallest absolute Gasteiger partial charge is 0.342 e. The van der Waals surface area contributed by atoms with E-state index in [-0.39, 0.29) is 6.04 Å². The Morgan fingerprint density at radius 1 is 1.39 bits per heavy atom. The van der Waals surface area contributed by atoms with Crippen molar-refractivity contribution < 1.29 is 9.53 Å². The van der Waals surface area contributed by atoms with Gasteiger partial charge in [-0.3, -0.25) is 0 Å². The van der Waals surface area contributed by atoms with Gasteiger partial charge in [-0.1, -0.05) is 36.7 Å². The quantitative estimate of drug-likeness (QED) is 0.714. The molecule has 1 heterocycles. The molecule has 0 fully saturated rings. The number of nitrogens with one attached hydrogen (secondary N) is 1. The van der Waals surface area contributed by atoms with Crippen molar-refractivity contribution >= 4 is 39.6 Å². The van der Waals surface area contributed by atoms with E-state index in [0.717, 1.165) is 17.0 Å². The number of para-hydroxylation sites is 1. The van der Waals surface area contributed by atoms with Crippen LogP contribution in [0.1, 0.15) is 35.5 Å². The van der Waals surface area contributed by atoms with Gasteiger partial charge in [0.25, 0.3) is 0 Å². The lowest BCUT2D eigenvalue weighted by atomic mass is 10.2. The molecule has 124 valence electrons. The number of hydrogen-bond donors (Lipinski definition) is 2. The summed E-state index contributed by atoms with van der Waals surface area (Å²) in [6, 6.07) is 9.62. The molecule has 0 saturated heterocycles. The molecule has 0 aliphatic heterocycles. The number of rotatable bonds is 7. The number of halogens is 1. The molecule has 0 bridgehead atoms. The predicted molar refractivity (Wildman–Crippen MR) is 97.0 cm³/mol. The molecular weight excluding hydrogens is 332 g/mol. The van der Waals surface area contributed by atoms with E-state index in [1.165, 1.54) is 11.3 Å². The predicted octanol–water partition coefficient (Wildman–Crippen LogP) is 4.60. The van der Waals surface area contributed by atoms with Crippen molar-refractivity contribution in [1.29, 1.82) is 0 Å². The summed E-state index contributed by atoms with van der Waals surface area (Å²) in [5, 5.41) is 4.39. The van der Waals surface area contributed by atoms with E-state index < -0.39 is 5.97 Å². The zero-order chi connectivity index (χ0) is 16.8. The molecule has 0 spiro atoms. The van der Waals surface area contributed by atoms with Gasteiger partial charge in [-0.15, -0.1) is 11.3 Å². The monoisotopic (exact) mass is 352 g/mol. The number of ether oxygens (including phenoxy) is 1. The number of esters is 1. The number of carbonyl (C=O) groups is 1. The maximum Gasteiger partial charge on any atom is 0.342 e. The number of benzene rings is 1. The van der Waals surface area contributed by atoms with Crippen LogP contribution in [0.3, 0.4) is 0 Å². The Kier molecular flexibility index (Phi) is 6.45. The third-order valence-corrected chi connectivity index (χ3v) is 4.75. The van der Waals surface area contributed by atoms with E-state index in [2.05, 4.69) is 5.32 Å². The Labute approximate surface area is 145 Å². The first-order chi connectivity index (χ1) is 11.0. The van der Waals surface area contributed by atoms with Crippen LogP contribution in [0.25, 0.3) is 0 Å². The fourth-order valence-corrected chi connectivity index (χ4v) is 3.73. The van der Waals surface area contributed by atoms with E-state index in [4.69, 9.17) is 22.1 Å². The van der Waals surface area contributed by atoms with Gasteiger partial charge < -0.3 is 15.8 Å². The fourth-order valence-electron chi connectivity index (χ4n) is 2.07. The number of thiophene rings is 1. The molecule has 0 radical (unpaired) electrons. The molecule has 23 heavy (non-hydrogen) atoms. The summed E-state index contributed by atoms with van der Waals surface area (Å²) in [6.07, 6.45) is 1.38. The molecule has 0 amide bonds. The summed E-state index contributed by atoms with van der Waals surface area (Å²) in [4.78, 5) is 13.3. The molecule has 0 aliphatic carbocycles. The van der Waals surface area contributed by atoms with Crippen LogP contribution >= 0.6 is 22.9 Å². The summed E-state index contributed by atoms with van der Waals surface area (Å²) in [5.74, 6) is -0.401. The molecule has 4 nitrogen and oxygen atoms in total. The second kappa shape index (κ2) is 8.34. The highest BCUT2D eigenvalue weighted by molar-refractivity contribution is 7.17. The Balaban J connectivity index is 2.35. The van der Waals surface area contributed by atoms with Crippen molar-refractivity contribution in [1.82, 2.24) is 0 Å². The highest BCUT2D eigenvalue weighted by atomic mass is 35.5. The zero-order valence-corrected chi connectivity index (χ0v) is 14.8. The molecule has 1 atom stereocenters. The molecule has 6 heteroatoms. The van der Waals surface area contributed by atoms with Gasteiger partial charge in [0.1, 0.15) is 10.6 Å². The van der Waals surface area contributed by atoms with Gasteiger partial charge in [0, 0.05) is 16.6 Å². The third-order valence-electron chi connectivity index (χ3n) is 3.10. The van der Waals surface area contributed by atoms with Crippen molar-refractivity contribution in [3.8, 4) is 0 Å². The average Bonchev–Trinajstić information content (AvgIpc) is 2.81. The standard InChI is InChI=1S/C17H21ClN2O2S/c1-3-9-22-17(21)14-15(18)13(10-11(2)19)23-16(14)20-12-7-5-4-6-8-12/h4-8,11,20H,3,9-10,19H2,1-2H3. The SMILES string of the molecule is CCCOC(=O)c1c(Nc2ccccc2)sc(CC(C)N)c1Cl. The van der Waals surface area contributed by atoms with Crippen molar-refractivity contribution in [3.05, 3.63) is 45.8 Å². The van der Waals surface area contributed by atoms with E-state index in [1.54, 1.807) is 0 Å². The minimum absolute atomic E-state index is 0.0322. The van der Waals surface area contributed by atoms with Gasteiger partial charge >= 0.3 is 5.97 Å². The van der Waals surface area contributed by atoms with Crippen LogP contribution in [-0.4, -0.2) is 18.6 Å². The van der Waals surface area contributed by atoms with Crippen molar-refractivity contribution in [2.45, 2.75) is 32.7 Å². The molecular formula is C17H21ClN2O2S. The Morgan fingerprint density at radius 3 is 2.70 bits per heavy atom. The summed E-state index contributed by atoms with van der Waals surface area (Å²) < 4.78 is 5.27.